The van der Waals surface area contributed by atoms with Gasteiger partial charge in [0.2, 0.25) is 0 Å². The first-order valence-corrected chi connectivity index (χ1v) is 9.97. The molecule has 0 atom stereocenters. The Bertz CT molecular complexity index is 577. The summed E-state index contributed by atoms with van der Waals surface area (Å²) in [6.07, 6.45) is 4.82. The Hall–Kier alpha value is -0.820. The molecule has 21 heavy (non-hydrogen) atoms. The molecule has 2 rings (SSSR count). The van der Waals surface area contributed by atoms with Gasteiger partial charge in [0.05, 0.1) is 5.25 Å². The molecule has 1 saturated carbocycles. The summed E-state index contributed by atoms with van der Waals surface area (Å²) in [6.45, 7) is 7.17. The lowest BCUT2D eigenvalue weighted by atomic mass is 10.2. The van der Waals surface area contributed by atoms with E-state index in [1.165, 1.54) is 11.5 Å². The van der Waals surface area contributed by atoms with Crippen LogP contribution in [0.5, 0.6) is 0 Å². The maximum Gasteiger partial charge on any atom is 0.187 e. The van der Waals surface area contributed by atoms with Gasteiger partial charge in [-0.25, -0.2) is 8.42 Å². The Morgan fingerprint density at radius 1 is 1.38 bits per heavy atom. The standard InChI is InChI=1S/C14H25N3O2S2/c1-4-5-6-9-17(10(2)3)14-12(13(15)16-20-14)21(18,19)11-7-8-11/h10-11H,4-9H2,1-3H3,(H2,15,16). The molecule has 0 amide bonds. The Morgan fingerprint density at radius 3 is 2.57 bits per heavy atom. The zero-order chi connectivity index (χ0) is 15.6. The molecule has 7 heteroatoms. The molecule has 1 aromatic heterocycles. The van der Waals surface area contributed by atoms with Crippen molar-refractivity contribution in [3.05, 3.63) is 0 Å². The number of sulfone groups is 1. The molecule has 1 aliphatic rings. The second-order valence-electron chi connectivity index (χ2n) is 5.94. The minimum absolute atomic E-state index is 0.169. The summed E-state index contributed by atoms with van der Waals surface area (Å²) in [4.78, 5) is 2.42. The van der Waals surface area contributed by atoms with Gasteiger partial charge in [-0.1, -0.05) is 19.8 Å². The summed E-state index contributed by atoms with van der Waals surface area (Å²) in [7, 11) is -3.31. The molecule has 1 aromatic rings. The number of aromatic nitrogens is 1. The predicted octanol–water partition coefficient (Wildman–Crippen LogP) is 3.07. The Morgan fingerprint density at radius 2 is 2.05 bits per heavy atom. The summed E-state index contributed by atoms with van der Waals surface area (Å²) in [5.41, 5.74) is 5.88. The number of hydrogen-bond acceptors (Lipinski definition) is 6. The minimum Gasteiger partial charge on any atom is -0.382 e. The van der Waals surface area contributed by atoms with Crippen molar-refractivity contribution in [2.75, 3.05) is 17.2 Å². The fourth-order valence-electron chi connectivity index (χ4n) is 2.41. The summed E-state index contributed by atoms with van der Waals surface area (Å²) in [5.74, 6) is 0.169. The third-order valence-corrected chi connectivity index (χ3v) is 7.14. The number of nitrogen functional groups attached to an aromatic ring is 1. The van der Waals surface area contributed by atoms with Gasteiger partial charge >= 0.3 is 0 Å². The number of unbranched alkanes of at least 4 members (excludes halogenated alkanes) is 2. The highest BCUT2D eigenvalue weighted by Crippen LogP contribution is 2.43. The van der Waals surface area contributed by atoms with Crippen LogP contribution in [-0.4, -0.2) is 30.6 Å². The number of rotatable bonds is 8. The highest BCUT2D eigenvalue weighted by molar-refractivity contribution is 7.92. The van der Waals surface area contributed by atoms with Gasteiger partial charge in [0.15, 0.2) is 15.7 Å². The van der Waals surface area contributed by atoms with Crippen molar-refractivity contribution < 1.29 is 8.42 Å². The Kier molecular flexibility index (Phi) is 5.14. The molecular weight excluding hydrogens is 306 g/mol. The molecule has 2 N–H and O–H groups in total. The third kappa shape index (κ3) is 3.51. The van der Waals surface area contributed by atoms with Gasteiger partial charge in [0.1, 0.15) is 9.90 Å². The van der Waals surface area contributed by atoms with Crippen LogP contribution in [0, 0.1) is 0 Å². The molecule has 1 aliphatic carbocycles. The number of nitrogens with zero attached hydrogens (tertiary/aromatic N) is 2. The van der Waals surface area contributed by atoms with Gasteiger partial charge in [-0.15, -0.1) is 0 Å². The van der Waals surface area contributed by atoms with Crippen LogP contribution < -0.4 is 10.6 Å². The van der Waals surface area contributed by atoms with Crippen LogP contribution in [0.4, 0.5) is 10.8 Å². The molecule has 0 spiro atoms. The molecule has 1 fully saturated rings. The molecule has 0 radical (unpaired) electrons. The van der Waals surface area contributed by atoms with E-state index in [9.17, 15) is 8.42 Å². The molecule has 0 bridgehead atoms. The van der Waals surface area contributed by atoms with Crippen LogP contribution >= 0.6 is 11.5 Å². The normalized spacial score (nSPS) is 15.6. The number of anilines is 2. The molecule has 0 aliphatic heterocycles. The maximum atomic E-state index is 12.6. The highest BCUT2D eigenvalue weighted by Gasteiger charge is 2.41. The van der Waals surface area contributed by atoms with Gasteiger partial charge in [0.25, 0.3) is 0 Å². The van der Waals surface area contributed by atoms with Crippen LogP contribution in [0.25, 0.3) is 0 Å². The van der Waals surface area contributed by atoms with Crippen LogP contribution in [0.1, 0.15) is 52.9 Å². The van der Waals surface area contributed by atoms with Crippen LogP contribution in [0.15, 0.2) is 4.90 Å². The van der Waals surface area contributed by atoms with E-state index < -0.39 is 9.84 Å². The lowest BCUT2D eigenvalue weighted by Gasteiger charge is -2.28. The average Bonchev–Trinajstić information content (AvgIpc) is 3.19. The Balaban J connectivity index is 2.33. The fourth-order valence-corrected chi connectivity index (χ4v) is 5.58. The van der Waals surface area contributed by atoms with Crippen molar-refractivity contribution in [3.63, 3.8) is 0 Å². The number of hydrogen-bond donors (Lipinski definition) is 1. The fraction of sp³-hybridized carbons (Fsp3) is 0.786. The van der Waals surface area contributed by atoms with Gasteiger partial charge in [0, 0.05) is 12.6 Å². The largest absolute Gasteiger partial charge is 0.382 e. The van der Waals surface area contributed by atoms with Crippen molar-refractivity contribution in [2.45, 2.75) is 69.1 Å². The van der Waals surface area contributed by atoms with Crippen LogP contribution in [0.3, 0.4) is 0 Å². The first-order chi connectivity index (χ1) is 9.89. The Labute approximate surface area is 131 Å². The summed E-state index contributed by atoms with van der Waals surface area (Å²) in [5, 5.41) is 0.477. The average molecular weight is 332 g/mol. The summed E-state index contributed by atoms with van der Waals surface area (Å²) >= 11 is 1.21. The van der Waals surface area contributed by atoms with E-state index in [2.05, 4.69) is 30.0 Å². The van der Waals surface area contributed by atoms with Crippen molar-refractivity contribution in [3.8, 4) is 0 Å². The lowest BCUT2D eigenvalue weighted by Crippen LogP contribution is -2.32. The van der Waals surface area contributed by atoms with E-state index in [1.807, 2.05) is 0 Å². The summed E-state index contributed by atoms with van der Waals surface area (Å²) < 4.78 is 29.4. The van der Waals surface area contributed by atoms with Gasteiger partial charge in [-0.3, -0.25) is 0 Å². The molecule has 1 heterocycles. The summed E-state index contributed by atoms with van der Waals surface area (Å²) in [6, 6.07) is 0.231. The van der Waals surface area contributed by atoms with E-state index in [0.717, 1.165) is 43.6 Å². The van der Waals surface area contributed by atoms with E-state index in [-0.39, 0.29) is 22.0 Å². The maximum absolute atomic E-state index is 12.6. The molecule has 0 aromatic carbocycles. The molecule has 5 nitrogen and oxygen atoms in total. The predicted molar refractivity (Wildman–Crippen MR) is 88.7 cm³/mol. The van der Waals surface area contributed by atoms with Gasteiger partial charge in [-0.2, -0.15) is 4.37 Å². The second kappa shape index (κ2) is 6.52. The van der Waals surface area contributed by atoms with Crippen molar-refractivity contribution >= 4 is 32.2 Å². The molecule has 0 saturated heterocycles. The zero-order valence-electron chi connectivity index (χ0n) is 13.0. The van der Waals surface area contributed by atoms with E-state index in [0.29, 0.717) is 0 Å². The smallest absolute Gasteiger partial charge is 0.187 e. The van der Waals surface area contributed by atoms with Gasteiger partial charge < -0.3 is 10.6 Å². The van der Waals surface area contributed by atoms with E-state index in [1.54, 1.807) is 0 Å². The first kappa shape index (κ1) is 16.5. The lowest BCUT2D eigenvalue weighted by molar-refractivity contribution is 0.592. The SMILES string of the molecule is CCCCCN(c1snc(N)c1S(=O)(=O)C1CC1)C(C)C. The molecule has 120 valence electrons. The highest BCUT2D eigenvalue weighted by atomic mass is 32.2. The van der Waals surface area contributed by atoms with Crippen LogP contribution in [-0.2, 0) is 9.84 Å². The molecule has 0 unspecified atom stereocenters. The zero-order valence-corrected chi connectivity index (χ0v) is 14.6. The quantitative estimate of drug-likeness (QED) is 0.741. The minimum atomic E-state index is -3.31. The first-order valence-electron chi connectivity index (χ1n) is 7.65. The van der Waals surface area contributed by atoms with Crippen molar-refractivity contribution in [1.82, 2.24) is 4.37 Å². The van der Waals surface area contributed by atoms with Gasteiger partial charge in [-0.05, 0) is 44.6 Å². The van der Waals surface area contributed by atoms with Crippen molar-refractivity contribution in [1.29, 1.82) is 0 Å². The van der Waals surface area contributed by atoms with Crippen molar-refractivity contribution in [2.24, 2.45) is 0 Å². The topological polar surface area (TPSA) is 76.3 Å². The third-order valence-electron chi connectivity index (χ3n) is 3.79. The van der Waals surface area contributed by atoms with Crippen LogP contribution in [0.2, 0.25) is 0 Å². The van der Waals surface area contributed by atoms with E-state index >= 15 is 0 Å². The monoisotopic (exact) mass is 331 g/mol. The van der Waals surface area contributed by atoms with E-state index in [4.69, 9.17) is 5.73 Å². The second-order valence-corrected chi connectivity index (χ2v) is 8.86. The molecular formula is C14H25N3O2S2. The number of nitrogens with two attached hydrogens (primary N) is 1.